The van der Waals surface area contributed by atoms with Crippen LogP contribution in [0.15, 0.2) is 54.9 Å². The second-order valence-corrected chi connectivity index (χ2v) is 7.86. The van der Waals surface area contributed by atoms with Gasteiger partial charge in [0, 0.05) is 23.4 Å². The van der Waals surface area contributed by atoms with Crippen molar-refractivity contribution >= 4 is 28.8 Å². The summed E-state index contributed by atoms with van der Waals surface area (Å²) >= 11 is 0. The molecular weight excluding hydrogens is 416 g/mol. The molecule has 0 bridgehead atoms. The first-order chi connectivity index (χ1) is 16.0. The van der Waals surface area contributed by atoms with E-state index >= 15 is 0 Å². The number of nitrogens with one attached hydrogen (secondary N) is 1. The lowest BCUT2D eigenvalue weighted by Gasteiger charge is -2.12. The summed E-state index contributed by atoms with van der Waals surface area (Å²) in [5, 5.41) is 16.1. The molecule has 33 heavy (non-hydrogen) atoms. The number of aromatic nitrogens is 7. The van der Waals surface area contributed by atoms with Gasteiger partial charge in [-0.2, -0.15) is 10.2 Å². The summed E-state index contributed by atoms with van der Waals surface area (Å²) in [7, 11) is 0. The van der Waals surface area contributed by atoms with Crippen LogP contribution in [0.5, 0.6) is 0 Å². The molecule has 0 aliphatic carbocycles. The van der Waals surface area contributed by atoms with E-state index in [1.807, 2.05) is 73.9 Å². The molecule has 0 atom stereocenters. The van der Waals surface area contributed by atoms with E-state index in [0.717, 1.165) is 45.7 Å². The fraction of sp³-hybridized carbons (Fsp3) is 0.167. The van der Waals surface area contributed by atoms with Crippen LogP contribution in [-0.4, -0.2) is 40.8 Å². The largest absolute Gasteiger partial charge is 0.339 e. The van der Waals surface area contributed by atoms with E-state index in [9.17, 15) is 4.79 Å². The van der Waals surface area contributed by atoms with Crippen LogP contribution in [0.1, 0.15) is 22.6 Å². The number of aldehydes is 1. The molecule has 0 spiro atoms. The number of imidazole rings is 1. The Morgan fingerprint density at radius 1 is 0.970 bits per heavy atom. The van der Waals surface area contributed by atoms with Crippen LogP contribution in [0, 0.1) is 20.8 Å². The zero-order chi connectivity index (χ0) is 22.9. The van der Waals surface area contributed by atoms with Crippen molar-refractivity contribution < 1.29 is 4.79 Å². The first-order valence-corrected chi connectivity index (χ1v) is 10.5. The fourth-order valence-corrected chi connectivity index (χ4v) is 3.76. The number of hydrogen-bond acceptors (Lipinski definition) is 7. The molecule has 1 aromatic carbocycles. The normalized spacial score (nSPS) is 11.1. The highest BCUT2D eigenvalue weighted by Crippen LogP contribution is 2.25. The van der Waals surface area contributed by atoms with Gasteiger partial charge in [0.15, 0.2) is 11.6 Å². The fourth-order valence-electron chi connectivity index (χ4n) is 3.76. The minimum absolute atomic E-state index is 0.261. The van der Waals surface area contributed by atoms with Crippen LogP contribution in [0.3, 0.4) is 0 Å². The van der Waals surface area contributed by atoms with Crippen molar-refractivity contribution in [3.05, 3.63) is 77.5 Å². The summed E-state index contributed by atoms with van der Waals surface area (Å²) in [6.45, 7) is 5.80. The number of anilines is 2. The summed E-state index contributed by atoms with van der Waals surface area (Å²) in [4.78, 5) is 20.7. The molecule has 164 valence electrons. The molecule has 9 heteroatoms. The van der Waals surface area contributed by atoms with Crippen molar-refractivity contribution in [3.63, 3.8) is 0 Å². The van der Waals surface area contributed by atoms with Gasteiger partial charge >= 0.3 is 0 Å². The first kappa shape index (κ1) is 20.5. The van der Waals surface area contributed by atoms with Crippen molar-refractivity contribution in [3.8, 4) is 11.6 Å². The van der Waals surface area contributed by atoms with Crippen molar-refractivity contribution in [1.82, 2.24) is 34.5 Å². The number of carbonyl (C=O) groups is 1. The molecule has 1 N–H and O–H groups in total. The lowest BCUT2D eigenvalue weighted by molar-refractivity contribution is -0.107. The van der Waals surface area contributed by atoms with Gasteiger partial charge in [0.25, 0.3) is 0 Å². The van der Waals surface area contributed by atoms with E-state index < -0.39 is 0 Å². The molecule has 0 aliphatic heterocycles. The number of aryl methyl sites for hydroxylation is 3. The molecule has 0 unspecified atom stereocenters. The molecule has 9 nitrogen and oxygen atoms in total. The summed E-state index contributed by atoms with van der Waals surface area (Å²) in [5.41, 5.74) is 6.09. The molecular formula is C24H22N8O. The molecule has 0 radical (unpaired) electrons. The van der Waals surface area contributed by atoms with Gasteiger partial charge in [-0.25, -0.2) is 14.6 Å². The standard InChI is InChI=1S/C24H22N8O/c1-15-4-8-22(29-28-15)26-19-6-7-20-21(13-19)31(14-25-20)23-9-5-18(10-11-33)24(27-23)32-17(3)12-16(2)30-32/h4-9,11-14H,10H2,1-3H3,(H,26,29). The number of nitrogens with zero attached hydrogens (tertiary/aromatic N) is 7. The summed E-state index contributed by atoms with van der Waals surface area (Å²) in [5.74, 6) is 1.98. The van der Waals surface area contributed by atoms with Gasteiger partial charge in [0.1, 0.15) is 18.4 Å². The summed E-state index contributed by atoms with van der Waals surface area (Å²) in [6, 6.07) is 15.5. The molecule has 0 saturated heterocycles. The summed E-state index contributed by atoms with van der Waals surface area (Å²) in [6.07, 6.45) is 2.88. The molecule has 0 fully saturated rings. The number of carbonyl (C=O) groups excluding carboxylic acids is 1. The molecule has 5 aromatic rings. The van der Waals surface area contributed by atoms with E-state index in [1.54, 1.807) is 11.0 Å². The number of fused-ring (bicyclic) bond motifs is 1. The van der Waals surface area contributed by atoms with Crippen LogP contribution in [-0.2, 0) is 11.2 Å². The van der Waals surface area contributed by atoms with Gasteiger partial charge < -0.3 is 10.1 Å². The van der Waals surface area contributed by atoms with Gasteiger partial charge in [0.2, 0.25) is 0 Å². The zero-order valence-electron chi connectivity index (χ0n) is 18.5. The minimum Gasteiger partial charge on any atom is -0.339 e. The molecule has 0 saturated carbocycles. The second kappa shape index (κ2) is 8.27. The van der Waals surface area contributed by atoms with Crippen LogP contribution in [0.4, 0.5) is 11.5 Å². The van der Waals surface area contributed by atoms with Crippen molar-refractivity contribution in [2.75, 3.05) is 5.32 Å². The van der Waals surface area contributed by atoms with Crippen molar-refractivity contribution in [2.24, 2.45) is 0 Å². The highest BCUT2D eigenvalue weighted by atomic mass is 16.1. The van der Waals surface area contributed by atoms with Gasteiger partial charge in [0.05, 0.1) is 22.4 Å². The topological polar surface area (TPSA) is 103 Å². The van der Waals surface area contributed by atoms with Crippen molar-refractivity contribution in [1.29, 1.82) is 0 Å². The van der Waals surface area contributed by atoms with Crippen LogP contribution in [0.25, 0.3) is 22.7 Å². The maximum absolute atomic E-state index is 11.3. The Bertz CT molecular complexity index is 1470. The van der Waals surface area contributed by atoms with Crippen LogP contribution >= 0.6 is 0 Å². The number of benzene rings is 1. The quantitative estimate of drug-likeness (QED) is 0.402. The monoisotopic (exact) mass is 438 g/mol. The Hall–Kier alpha value is -4.40. The maximum atomic E-state index is 11.3. The predicted molar refractivity (Wildman–Crippen MR) is 125 cm³/mol. The minimum atomic E-state index is 0.261. The Kier molecular flexibility index (Phi) is 5.14. The number of pyridine rings is 1. The van der Waals surface area contributed by atoms with Gasteiger partial charge in [-0.05, 0) is 63.2 Å². The number of hydrogen-bond donors (Lipinski definition) is 1. The molecule has 4 aromatic heterocycles. The maximum Gasteiger partial charge on any atom is 0.159 e. The molecule has 0 aliphatic rings. The van der Waals surface area contributed by atoms with E-state index in [2.05, 4.69) is 25.6 Å². The average Bonchev–Trinajstić information content (AvgIpc) is 3.38. The molecule has 4 heterocycles. The van der Waals surface area contributed by atoms with Gasteiger partial charge in [-0.3, -0.25) is 4.57 Å². The Morgan fingerprint density at radius 2 is 1.85 bits per heavy atom. The van der Waals surface area contributed by atoms with Gasteiger partial charge in [-0.15, -0.1) is 5.10 Å². The summed E-state index contributed by atoms with van der Waals surface area (Å²) < 4.78 is 3.70. The third kappa shape index (κ3) is 3.96. The Morgan fingerprint density at radius 3 is 2.58 bits per heavy atom. The first-order valence-electron chi connectivity index (χ1n) is 10.5. The Balaban J connectivity index is 1.58. The molecule has 5 rings (SSSR count). The van der Waals surface area contributed by atoms with E-state index in [1.165, 1.54) is 0 Å². The Labute approximate surface area is 190 Å². The van der Waals surface area contributed by atoms with Crippen LogP contribution in [0.2, 0.25) is 0 Å². The zero-order valence-corrected chi connectivity index (χ0v) is 18.5. The van der Waals surface area contributed by atoms with E-state index in [4.69, 9.17) is 4.98 Å². The van der Waals surface area contributed by atoms with E-state index in [-0.39, 0.29) is 6.42 Å². The third-order valence-corrected chi connectivity index (χ3v) is 5.32. The van der Waals surface area contributed by atoms with Crippen molar-refractivity contribution in [2.45, 2.75) is 27.2 Å². The highest BCUT2D eigenvalue weighted by molar-refractivity contribution is 5.82. The lowest BCUT2D eigenvalue weighted by Crippen LogP contribution is -2.09. The predicted octanol–water partition coefficient (Wildman–Crippen LogP) is 3.81. The second-order valence-electron chi connectivity index (χ2n) is 7.86. The SMILES string of the molecule is Cc1ccc(Nc2ccc3ncn(-c4ccc(CC=O)c(-n5nc(C)cc5C)n4)c3c2)nn1. The lowest BCUT2D eigenvalue weighted by atomic mass is 10.2. The smallest absolute Gasteiger partial charge is 0.159 e. The highest BCUT2D eigenvalue weighted by Gasteiger charge is 2.14. The van der Waals surface area contributed by atoms with Crippen LogP contribution < -0.4 is 5.32 Å². The van der Waals surface area contributed by atoms with Gasteiger partial charge in [-0.1, -0.05) is 6.07 Å². The average molecular weight is 438 g/mol. The number of rotatable bonds is 6. The van der Waals surface area contributed by atoms with E-state index in [0.29, 0.717) is 17.5 Å². The third-order valence-electron chi connectivity index (χ3n) is 5.32. The molecule has 0 amide bonds.